The summed E-state index contributed by atoms with van der Waals surface area (Å²) >= 11 is 0. The van der Waals surface area contributed by atoms with Crippen molar-refractivity contribution in [2.24, 2.45) is 23.2 Å². The highest BCUT2D eigenvalue weighted by Gasteiger charge is 2.41. The normalized spacial score (nSPS) is 33.0. The molecule has 0 spiro atoms. The van der Waals surface area contributed by atoms with Gasteiger partial charge in [-0.05, 0) is 42.9 Å². The molecule has 3 aliphatic rings. The van der Waals surface area contributed by atoms with E-state index in [0.717, 1.165) is 38.5 Å². The molecule has 2 fully saturated rings. The van der Waals surface area contributed by atoms with Gasteiger partial charge in [0.2, 0.25) is 5.91 Å². The summed E-state index contributed by atoms with van der Waals surface area (Å²) < 4.78 is 0. The molecule has 2 N–H and O–H groups in total. The summed E-state index contributed by atoms with van der Waals surface area (Å²) in [5.41, 5.74) is -0.215. The van der Waals surface area contributed by atoms with Gasteiger partial charge in [-0.1, -0.05) is 31.4 Å². The molecule has 116 valence electrons. The molecule has 4 nitrogen and oxygen atoms in total. The van der Waals surface area contributed by atoms with Crippen molar-refractivity contribution in [1.82, 2.24) is 5.32 Å². The molecule has 2 bridgehead atoms. The molecule has 3 unspecified atom stereocenters. The number of carboxylic acids is 1. The number of hydrogen-bond donors (Lipinski definition) is 2. The first-order chi connectivity index (χ1) is 10.1. The third kappa shape index (κ3) is 3.14. The lowest BCUT2D eigenvalue weighted by atomic mass is 9.71. The Morgan fingerprint density at radius 2 is 1.90 bits per heavy atom. The molecule has 0 aromatic heterocycles. The maximum absolute atomic E-state index is 12.4. The molecular weight excluding hydrogens is 266 g/mol. The molecule has 0 aromatic carbocycles. The van der Waals surface area contributed by atoms with Gasteiger partial charge in [0.25, 0.3) is 0 Å². The molecule has 2 saturated carbocycles. The average molecular weight is 291 g/mol. The van der Waals surface area contributed by atoms with Gasteiger partial charge in [0, 0.05) is 12.5 Å². The Labute approximate surface area is 126 Å². The number of carboxylic acid groups (broad SMARTS) is 1. The maximum atomic E-state index is 12.4. The molecule has 3 rings (SSSR count). The zero-order valence-electron chi connectivity index (χ0n) is 12.5. The summed E-state index contributed by atoms with van der Waals surface area (Å²) in [6.45, 7) is 0.537. The Morgan fingerprint density at radius 1 is 1.14 bits per heavy atom. The zero-order chi connectivity index (χ0) is 14.9. The largest absolute Gasteiger partial charge is 0.481 e. The van der Waals surface area contributed by atoms with Crippen LogP contribution in [0.5, 0.6) is 0 Å². The van der Waals surface area contributed by atoms with E-state index >= 15 is 0 Å². The van der Waals surface area contributed by atoms with Crippen LogP contribution in [0.4, 0.5) is 0 Å². The topological polar surface area (TPSA) is 66.4 Å². The van der Waals surface area contributed by atoms with Crippen molar-refractivity contribution in [3.05, 3.63) is 12.2 Å². The number of hydrogen-bond acceptors (Lipinski definition) is 2. The van der Waals surface area contributed by atoms with E-state index in [1.807, 2.05) is 0 Å². The lowest BCUT2D eigenvalue weighted by Gasteiger charge is -2.36. The average Bonchev–Trinajstić information content (AvgIpc) is 3.08. The molecule has 0 aromatic rings. The summed E-state index contributed by atoms with van der Waals surface area (Å²) in [5.74, 6) is 0.520. The molecule has 21 heavy (non-hydrogen) atoms. The number of nitrogens with one attached hydrogen (secondary N) is 1. The number of rotatable bonds is 5. The van der Waals surface area contributed by atoms with Crippen LogP contribution >= 0.6 is 0 Å². The van der Waals surface area contributed by atoms with Crippen LogP contribution in [0.25, 0.3) is 0 Å². The minimum Gasteiger partial charge on any atom is -0.481 e. The smallest absolute Gasteiger partial charge is 0.303 e. The quantitative estimate of drug-likeness (QED) is 0.765. The van der Waals surface area contributed by atoms with Gasteiger partial charge in [-0.3, -0.25) is 9.59 Å². The molecule has 1 amide bonds. The van der Waals surface area contributed by atoms with Gasteiger partial charge in [-0.25, -0.2) is 0 Å². The Bertz CT molecular complexity index is 451. The first-order valence-corrected chi connectivity index (χ1v) is 8.26. The fourth-order valence-corrected chi connectivity index (χ4v) is 4.53. The van der Waals surface area contributed by atoms with Crippen molar-refractivity contribution in [3.63, 3.8) is 0 Å². The maximum Gasteiger partial charge on any atom is 0.303 e. The van der Waals surface area contributed by atoms with E-state index in [0.29, 0.717) is 18.4 Å². The third-order valence-electron chi connectivity index (χ3n) is 5.69. The summed E-state index contributed by atoms with van der Waals surface area (Å²) in [6, 6.07) is 0. The van der Waals surface area contributed by atoms with Crippen LogP contribution in [0.15, 0.2) is 12.2 Å². The third-order valence-corrected chi connectivity index (χ3v) is 5.69. The number of carbonyl (C=O) groups is 2. The minimum atomic E-state index is -0.742. The van der Waals surface area contributed by atoms with Crippen LogP contribution in [-0.2, 0) is 9.59 Å². The van der Waals surface area contributed by atoms with Gasteiger partial charge in [-0.2, -0.15) is 0 Å². The van der Waals surface area contributed by atoms with E-state index in [-0.39, 0.29) is 23.7 Å². The van der Waals surface area contributed by atoms with E-state index in [1.165, 1.54) is 6.42 Å². The number of aliphatic carboxylic acids is 1. The van der Waals surface area contributed by atoms with Gasteiger partial charge in [0.15, 0.2) is 0 Å². The van der Waals surface area contributed by atoms with Gasteiger partial charge < -0.3 is 10.4 Å². The van der Waals surface area contributed by atoms with Crippen molar-refractivity contribution in [3.8, 4) is 0 Å². The van der Waals surface area contributed by atoms with Gasteiger partial charge >= 0.3 is 5.97 Å². The van der Waals surface area contributed by atoms with E-state index in [9.17, 15) is 14.7 Å². The first-order valence-electron chi connectivity index (χ1n) is 8.26. The van der Waals surface area contributed by atoms with Gasteiger partial charge in [0.05, 0.1) is 6.42 Å². The van der Waals surface area contributed by atoms with Gasteiger partial charge in [0.1, 0.15) is 0 Å². The predicted molar refractivity (Wildman–Crippen MR) is 79.6 cm³/mol. The van der Waals surface area contributed by atoms with Crippen molar-refractivity contribution in [2.75, 3.05) is 6.54 Å². The molecule has 0 radical (unpaired) electrons. The van der Waals surface area contributed by atoms with Crippen LogP contribution in [0.3, 0.4) is 0 Å². The molecule has 3 atom stereocenters. The zero-order valence-corrected chi connectivity index (χ0v) is 12.5. The van der Waals surface area contributed by atoms with E-state index in [4.69, 9.17) is 0 Å². The van der Waals surface area contributed by atoms with E-state index in [1.54, 1.807) is 0 Å². The summed E-state index contributed by atoms with van der Waals surface area (Å²) in [5, 5.41) is 12.3. The van der Waals surface area contributed by atoms with E-state index in [2.05, 4.69) is 17.5 Å². The standard InChI is InChI=1S/C17H25NO3/c19-15(20)10-17(6-2-1-3-7-17)11-18-16(21)14-9-12-4-5-13(14)8-12/h4-5,12-14H,1-3,6-11H2,(H,18,21)(H,19,20). The van der Waals surface area contributed by atoms with Crippen LogP contribution < -0.4 is 5.32 Å². The fraction of sp³-hybridized carbons (Fsp3) is 0.765. The second kappa shape index (κ2) is 5.82. The monoisotopic (exact) mass is 291 g/mol. The number of fused-ring (bicyclic) bond motifs is 2. The second-order valence-corrected chi connectivity index (χ2v) is 7.24. The Balaban J connectivity index is 1.57. The van der Waals surface area contributed by atoms with Crippen LogP contribution in [0.2, 0.25) is 0 Å². The Morgan fingerprint density at radius 3 is 2.48 bits per heavy atom. The van der Waals surface area contributed by atoms with Crippen molar-refractivity contribution in [1.29, 1.82) is 0 Å². The van der Waals surface area contributed by atoms with Crippen molar-refractivity contribution in [2.45, 2.75) is 51.4 Å². The number of allylic oxidation sites excluding steroid dienone is 2. The first kappa shape index (κ1) is 14.6. The van der Waals surface area contributed by atoms with E-state index < -0.39 is 5.97 Å². The minimum absolute atomic E-state index is 0.116. The highest BCUT2D eigenvalue weighted by Crippen LogP contribution is 2.44. The SMILES string of the molecule is O=C(O)CC1(CNC(=O)C2CC3C=CC2C3)CCCCC1. The lowest BCUT2D eigenvalue weighted by Crippen LogP contribution is -2.43. The summed E-state index contributed by atoms with van der Waals surface area (Å²) in [4.78, 5) is 23.6. The molecule has 0 heterocycles. The highest BCUT2D eigenvalue weighted by molar-refractivity contribution is 5.80. The number of amides is 1. The second-order valence-electron chi connectivity index (χ2n) is 7.24. The van der Waals surface area contributed by atoms with Crippen LogP contribution in [0.1, 0.15) is 51.4 Å². The predicted octanol–water partition coefficient (Wildman–Crippen LogP) is 2.74. The molecule has 3 aliphatic carbocycles. The lowest BCUT2D eigenvalue weighted by molar-refractivity contribution is -0.141. The summed E-state index contributed by atoms with van der Waals surface area (Å²) in [7, 11) is 0. The fourth-order valence-electron chi connectivity index (χ4n) is 4.53. The molecule has 4 heteroatoms. The molecule has 0 aliphatic heterocycles. The highest BCUT2D eigenvalue weighted by atomic mass is 16.4. The molecular formula is C17H25NO3. The van der Waals surface area contributed by atoms with Gasteiger partial charge in [-0.15, -0.1) is 0 Å². The summed E-state index contributed by atoms with van der Waals surface area (Å²) in [6.07, 6.45) is 11.9. The van der Waals surface area contributed by atoms with Crippen molar-refractivity contribution >= 4 is 11.9 Å². The van der Waals surface area contributed by atoms with Crippen LogP contribution in [0, 0.1) is 23.2 Å². The van der Waals surface area contributed by atoms with Crippen LogP contribution in [-0.4, -0.2) is 23.5 Å². The number of carbonyl (C=O) groups excluding carboxylic acids is 1. The van der Waals surface area contributed by atoms with Crippen molar-refractivity contribution < 1.29 is 14.7 Å². The molecule has 0 saturated heterocycles. The Hall–Kier alpha value is -1.32. The Kier molecular flexibility index (Phi) is 4.05.